The minimum absolute atomic E-state index is 0.00139. The molecule has 0 bridgehead atoms. The van der Waals surface area contributed by atoms with Gasteiger partial charge in [-0.25, -0.2) is 8.42 Å². The van der Waals surface area contributed by atoms with E-state index in [0.717, 1.165) is 6.07 Å². The Kier molecular flexibility index (Phi) is 5.68. The second-order valence-corrected chi connectivity index (χ2v) is 7.03. The Morgan fingerprint density at radius 1 is 1.48 bits per heavy atom. The Hall–Kier alpha value is -1.67. The van der Waals surface area contributed by atoms with Gasteiger partial charge in [0.05, 0.1) is 34.5 Å². The first-order valence-corrected chi connectivity index (χ1v) is 8.07. The van der Waals surface area contributed by atoms with Crippen molar-refractivity contribution in [3.05, 3.63) is 38.9 Å². The molecule has 1 aromatic carbocycles. The molecule has 21 heavy (non-hydrogen) atoms. The van der Waals surface area contributed by atoms with E-state index < -0.39 is 32.4 Å². The molecule has 0 N–H and O–H groups in total. The Morgan fingerprint density at radius 2 is 2.10 bits per heavy atom. The van der Waals surface area contributed by atoms with Crippen molar-refractivity contribution in [2.24, 2.45) is 5.92 Å². The van der Waals surface area contributed by atoms with Gasteiger partial charge in [-0.2, -0.15) is 0 Å². The number of methoxy groups -OCH3 is 1. The topological polar surface area (TPSA) is 104 Å². The molecule has 0 aliphatic heterocycles. The summed E-state index contributed by atoms with van der Waals surface area (Å²) in [5, 5.41) is 10.6. The summed E-state index contributed by atoms with van der Waals surface area (Å²) in [5.41, 5.74) is 0.0309. The van der Waals surface area contributed by atoms with Crippen LogP contribution in [0.1, 0.15) is 12.5 Å². The molecule has 116 valence electrons. The molecular formula is C12H14ClNO6S. The smallest absolute Gasteiger partial charge is 0.309 e. The van der Waals surface area contributed by atoms with Crippen LogP contribution in [0.15, 0.2) is 18.2 Å². The van der Waals surface area contributed by atoms with Crippen LogP contribution >= 0.6 is 11.6 Å². The number of non-ortho nitro benzene ring substituents is 1. The van der Waals surface area contributed by atoms with Crippen molar-refractivity contribution >= 4 is 33.1 Å². The van der Waals surface area contributed by atoms with Gasteiger partial charge in [0.25, 0.3) is 5.69 Å². The second kappa shape index (κ2) is 6.86. The lowest BCUT2D eigenvalue weighted by Gasteiger charge is -2.10. The molecule has 0 aliphatic carbocycles. The molecule has 9 heteroatoms. The zero-order valence-electron chi connectivity index (χ0n) is 11.4. The van der Waals surface area contributed by atoms with Crippen molar-refractivity contribution < 1.29 is 22.9 Å². The lowest BCUT2D eigenvalue weighted by molar-refractivity contribution is -0.384. The highest BCUT2D eigenvalue weighted by Gasteiger charge is 2.23. The van der Waals surface area contributed by atoms with E-state index in [4.69, 9.17) is 11.6 Å². The van der Waals surface area contributed by atoms with Gasteiger partial charge in [0.1, 0.15) is 0 Å². The molecule has 1 rings (SSSR count). The predicted molar refractivity (Wildman–Crippen MR) is 76.8 cm³/mol. The van der Waals surface area contributed by atoms with Crippen LogP contribution in [0, 0.1) is 16.0 Å². The molecule has 1 aromatic rings. The number of benzene rings is 1. The standard InChI is InChI=1S/C12H14ClNO6S/c1-8(12(15)20-2)6-21(18,19)7-9-3-4-10(14(16)17)5-11(9)13/h3-5,8H,6-7H2,1-2H3. The quantitative estimate of drug-likeness (QED) is 0.447. The Labute approximate surface area is 126 Å². The first kappa shape index (κ1) is 17.4. The number of halogens is 1. The van der Waals surface area contributed by atoms with Crippen LogP contribution in [0.4, 0.5) is 5.69 Å². The summed E-state index contributed by atoms with van der Waals surface area (Å²) in [4.78, 5) is 21.2. The van der Waals surface area contributed by atoms with E-state index in [0.29, 0.717) is 0 Å². The zero-order chi connectivity index (χ0) is 16.2. The number of nitro benzene ring substituents is 1. The van der Waals surface area contributed by atoms with Crippen molar-refractivity contribution in [1.29, 1.82) is 0 Å². The predicted octanol–water partition coefficient (Wildman–Crippen LogP) is 1.97. The molecule has 0 fully saturated rings. The van der Waals surface area contributed by atoms with E-state index in [2.05, 4.69) is 4.74 Å². The number of carbonyl (C=O) groups is 1. The molecule has 0 aliphatic rings. The minimum Gasteiger partial charge on any atom is -0.469 e. The van der Waals surface area contributed by atoms with E-state index in [1.165, 1.54) is 26.2 Å². The molecule has 1 unspecified atom stereocenters. The van der Waals surface area contributed by atoms with E-state index in [-0.39, 0.29) is 22.0 Å². The van der Waals surface area contributed by atoms with E-state index in [9.17, 15) is 23.3 Å². The number of ether oxygens (including phenoxy) is 1. The summed E-state index contributed by atoms with van der Waals surface area (Å²) in [7, 11) is -2.42. The first-order chi connectivity index (χ1) is 9.66. The molecule has 0 radical (unpaired) electrons. The second-order valence-electron chi connectivity index (χ2n) is 4.51. The fourth-order valence-electron chi connectivity index (χ4n) is 1.71. The maximum absolute atomic E-state index is 12.0. The highest BCUT2D eigenvalue weighted by atomic mass is 35.5. The normalized spacial score (nSPS) is 12.7. The van der Waals surface area contributed by atoms with Gasteiger partial charge in [-0.1, -0.05) is 18.5 Å². The molecule has 0 saturated carbocycles. The molecule has 0 saturated heterocycles. The van der Waals surface area contributed by atoms with Crippen molar-refractivity contribution in [1.82, 2.24) is 0 Å². The number of nitrogens with zero attached hydrogens (tertiary/aromatic N) is 1. The van der Waals surface area contributed by atoms with Gasteiger partial charge >= 0.3 is 5.97 Å². The summed E-state index contributed by atoms with van der Waals surface area (Å²) in [6.07, 6.45) is 0. The molecule has 0 spiro atoms. The highest BCUT2D eigenvalue weighted by Crippen LogP contribution is 2.24. The largest absolute Gasteiger partial charge is 0.469 e. The van der Waals surface area contributed by atoms with Crippen LogP contribution < -0.4 is 0 Å². The van der Waals surface area contributed by atoms with Crippen LogP contribution in [-0.2, 0) is 25.1 Å². The molecule has 0 amide bonds. The van der Waals surface area contributed by atoms with E-state index in [1.54, 1.807) is 0 Å². The van der Waals surface area contributed by atoms with Crippen LogP contribution in [0.2, 0.25) is 5.02 Å². The van der Waals surface area contributed by atoms with Crippen molar-refractivity contribution in [3.63, 3.8) is 0 Å². The van der Waals surface area contributed by atoms with E-state index in [1.807, 2.05) is 0 Å². The molecule has 0 aromatic heterocycles. The van der Waals surface area contributed by atoms with Crippen LogP contribution in [0.3, 0.4) is 0 Å². The van der Waals surface area contributed by atoms with Crippen LogP contribution in [0.5, 0.6) is 0 Å². The van der Waals surface area contributed by atoms with Gasteiger partial charge in [0, 0.05) is 12.1 Å². The summed E-state index contributed by atoms with van der Waals surface area (Å²) in [6, 6.07) is 3.57. The SMILES string of the molecule is COC(=O)C(C)CS(=O)(=O)Cc1ccc([N+](=O)[O-])cc1Cl. The van der Waals surface area contributed by atoms with Crippen molar-refractivity contribution in [2.45, 2.75) is 12.7 Å². The monoisotopic (exact) mass is 335 g/mol. The number of nitro groups is 1. The number of carbonyl (C=O) groups excluding carboxylic acids is 1. The zero-order valence-corrected chi connectivity index (χ0v) is 13.0. The Balaban J connectivity index is 2.89. The van der Waals surface area contributed by atoms with Crippen molar-refractivity contribution in [2.75, 3.05) is 12.9 Å². The average molecular weight is 336 g/mol. The highest BCUT2D eigenvalue weighted by molar-refractivity contribution is 7.90. The number of hydrogen-bond donors (Lipinski definition) is 0. The third-order valence-corrected chi connectivity index (χ3v) is 4.84. The van der Waals surface area contributed by atoms with Crippen LogP contribution in [-0.4, -0.2) is 32.2 Å². The lowest BCUT2D eigenvalue weighted by Crippen LogP contribution is -2.23. The van der Waals surface area contributed by atoms with Gasteiger partial charge in [-0.05, 0) is 11.6 Å². The molecular weight excluding hydrogens is 322 g/mol. The minimum atomic E-state index is -3.60. The van der Waals surface area contributed by atoms with Gasteiger partial charge in [-0.15, -0.1) is 0 Å². The number of rotatable bonds is 6. The van der Waals surface area contributed by atoms with Gasteiger partial charge in [-0.3, -0.25) is 14.9 Å². The van der Waals surface area contributed by atoms with Crippen molar-refractivity contribution in [3.8, 4) is 0 Å². The lowest BCUT2D eigenvalue weighted by atomic mass is 10.2. The summed E-state index contributed by atoms with van der Waals surface area (Å²) < 4.78 is 28.5. The Bertz CT molecular complexity index is 658. The maximum atomic E-state index is 12.0. The summed E-state index contributed by atoms with van der Waals surface area (Å²) >= 11 is 5.85. The Morgan fingerprint density at radius 3 is 2.57 bits per heavy atom. The van der Waals surface area contributed by atoms with Gasteiger partial charge < -0.3 is 4.74 Å². The number of esters is 1. The fourth-order valence-corrected chi connectivity index (χ4v) is 3.77. The first-order valence-electron chi connectivity index (χ1n) is 5.87. The maximum Gasteiger partial charge on any atom is 0.309 e. The number of sulfone groups is 1. The number of hydrogen-bond acceptors (Lipinski definition) is 6. The molecule has 0 heterocycles. The fraction of sp³-hybridized carbons (Fsp3) is 0.417. The summed E-state index contributed by atoms with van der Waals surface area (Å²) in [6.45, 7) is 1.45. The molecule has 1 atom stereocenters. The van der Waals surface area contributed by atoms with Gasteiger partial charge in [0.15, 0.2) is 9.84 Å². The van der Waals surface area contributed by atoms with Crippen LogP contribution in [0.25, 0.3) is 0 Å². The molecule has 7 nitrogen and oxygen atoms in total. The van der Waals surface area contributed by atoms with Gasteiger partial charge in [0.2, 0.25) is 0 Å². The third-order valence-electron chi connectivity index (χ3n) is 2.73. The van der Waals surface area contributed by atoms with E-state index >= 15 is 0 Å². The third kappa shape index (κ3) is 4.98. The summed E-state index contributed by atoms with van der Waals surface area (Å²) in [5.74, 6) is -2.19. The average Bonchev–Trinajstić information content (AvgIpc) is 2.39.